The van der Waals surface area contributed by atoms with Gasteiger partial charge >= 0.3 is 0 Å². The third-order valence-corrected chi connectivity index (χ3v) is 13.4. The molecule has 3 nitrogen and oxygen atoms in total. The van der Waals surface area contributed by atoms with E-state index in [0.717, 1.165) is 45.3 Å². The number of fused-ring (bicyclic) bond motifs is 13. The number of para-hydroxylation sites is 3. The summed E-state index contributed by atoms with van der Waals surface area (Å²) in [5, 5.41) is 2.52. The van der Waals surface area contributed by atoms with Crippen molar-refractivity contribution < 1.29 is 0 Å². The zero-order valence-electron chi connectivity index (χ0n) is 34.4. The Morgan fingerprint density at radius 2 is 0.937 bits per heavy atom. The van der Waals surface area contributed by atoms with E-state index in [4.69, 9.17) is 4.98 Å². The van der Waals surface area contributed by atoms with Gasteiger partial charge in [0, 0.05) is 22.0 Å². The predicted octanol–water partition coefficient (Wildman–Crippen LogP) is 15.3. The van der Waals surface area contributed by atoms with Crippen LogP contribution in [0, 0.1) is 0 Å². The average Bonchev–Trinajstić information content (AvgIpc) is 3.86. The molecule has 0 bridgehead atoms. The van der Waals surface area contributed by atoms with E-state index in [1.807, 2.05) is 0 Å². The highest BCUT2D eigenvalue weighted by atomic mass is 15.2. The zero-order valence-corrected chi connectivity index (χ0v) is 34.4. The molecule has 11 aromatic rings. The van der Waals surface area contributed by atoms with Crippen molar-refractivity contribution in [3.05, 3.63) is 259 Å². The molecule has 13 rings (SSSR count). The van der Waals surface area contributed by atoms with Crippen LogP contribution in [0.3, 0.4) is 0 Å². The summed E-state index contributed by atoms with van der Waals surface area (Å²) < 4.78 is 2.46. The Morgan fingerprint density at radius 3 is 1.65 bits per heavy atom. The Bertz CT molecular complexity index is 3460. The van der Waals surface area contributed by atoms with Gasteiger partial charge in [0.25, 0.3) is 0 Å². The minimum Gasteiger partial charge on any atom is -0.309 e. The molecule has 0 fully saturated rings. The first kappa shape index (κ1) is 35.5. The number of benzene rings is 9. The van der Waals surface area contributed by atoms with Gasteiger partial charge < -0.3 is 4.57 Å². The lowest BCUT2D eigenvalue weighted by Gasteiger charge is -2.44. The molecule has 1 aliphatic heterocycles. The van der Waals surface area contributed by atoms with Gasteiger partial charge in [-0.1, -0.05) is 188 Å². The second-order valence-electron chi connectivity index (χ2n) is 16.6. The summed E-state index contributed by atoms with van der Waals surface area (Å²) in [4.78, 5) is 7.91. The summed E-state index contributed by atoms with van der Waals surface area (Å²) >= 11 is 0. The van der Waals surface area contributed by atoms with Crippen LogP contribution in [0.2, 0.25) is 0 Å². The number of aromatic nitrogens is 2. The van der Waals surface area contributed by atoms with Crippen molar-refractivity contribution in [3.8, 4) is 50.3 Å². The van der Waals surface area contributed by atoms with E-state index in [0.29, 0.717) is 0 Å². The van der Waals surface area contributed by atoms with Crippen LogP contribution in [-0.4, -0.2) is 9.55 Å². The van der Waals surface area contributed by atoms with Crippen LogP contribution >= 0.6 is 0 Å². The molecule has 2 aromatic heterocycles. The summed E-state index contributed by atoms with van der Waals surface area (Å²) in [6.45, 7) is 0. The Morgan fingerprint density at radius 1 is 0.365 bits per heavy atom. The number of hydrogen-bond acceptors (Lipinski definition) is 2. The van der Waals surface area contributed by atoms with Crippen LogP contribution in [0.25, 0.3) is 72.1 Å². The SMILES string of the molecule is c1ccc(-c2cccc(-n3c4ccccc4c4c5c(ccc43)C3(c4ccccc4-5)c4ccccc4N(c4cc(-c5ccccc5)cc(-c5ccccc5)n4)c4ccccc43)c2)cc1. The molecule has 3 heterocycles. The van der Waals surface area contributed by atoms with Crippen molar-refractivity contribution in [2.75, 3.05) is 4.90 Å². The topological polar surface area (TPSA) is 21.1 Å². The average molecular weight is 802 g/mol. The second-order valence-corrected chi connectivity index (χ2v) is 16.6. The van der Waals surface area contributed by atoms with Crippen LogP contribution < -0.4 is 4.90 Å². The molecule has 9 aromatic carbocycles. The molecular weight excluding hydrogens is 763 g/mol. The largest absolute Gasteiger partial charge is 0.309 e. The minimum absolute atomic E-state index is 0.598. The van der Waals surface area contributed by atoms with Crippen LogP contribution in [-0.2, 0) is 5.41 Å². The summed E-state index contributed by atoms with van der Waals surface area (Å²) in [6.07, 6.45) is 0. The molecular formula is C60H39N3. The lowest BCUT2D eigenvalue weighted by molar-refractivity contribution is 0.752. The first-order chi connectivity index (χ1) is 31.3. The number of pyridine rings is 1. The maximum atomic E-state index is 5.51. The number of rotatable bonds is 5. The lowest BCUT2D eigenvalue weighted by Crippen LogP contribution is -2.36. The van der Waals surface area contributed by atoms with Gasteiger partial charge in [0.2, 0.25) is 0 Å². The van der Waals surface area contributed by atoms with Gasteiger partial charge in [-0.15, -0.1) is 0 Å². The molecule has 2 aliphatic rings. The standard InChI is InChI=1S/C60H39N3/c1-4-19-40(20-5-1)43-25-18-26-45(37-43)62-53-32-15-11-28-47(53)59-56(62)36-35-51-58(59)46-27-10-12-29-48(46)60(51)49-30-13-16-33-54(49)63(55-34-17-14-31-50(55)60)57-39-44(41-21-6-2-7-22-41)38-52(61-57)42-23-8-3-9-24-42/h1-39H. The zero-order chi connectivity index (χ0) is 41.5. The smallest absolute Gasteiger partial charge is 0.138 e. The Labute approximate surface area is 366 Å². The van der Waals surface area contributed by atoms with E-state index in [9.17, 15) is 0 Å². The molecule has 3 heteroatoms. The summed E-state index contributed by atoms with van der Waals surface area (Å²) in [5.74, 6) is 0.882. The van der Waals surface area contributed by atoms with E-state index in [2.05, 4.69) is 246 Å². The minimum atomic E-state index is -0.598. The normalized spacial score (nSPS) is 13.2. The van der Waals surface area contributed by atoms with Gasteiger partial charge in [-0.3, -0.25) is 4.90 Å². The van der Waals surface area contributed by atoms with Crippen molar-refractivity contribution in [1.82, 2.24) is 9.55 Å². The van der Waals surface area contributed by atoms with Crippen LogP contribution in [0.5, 0.6) is 0 Å². The van der Waals surface area contributed by atoms with E-state index >= 15 is 0 Å². The third kappa shape index (κ3) is 5.17. The molecule has 0 radical (unpaired) electrons. The van der Waals surface area contributed by atoms with Gasteiger partial charge in [-0.2, -0.15) is 0 Å². The number of hydrogen-bond donors (Lipinski definition) is 0. The van der Waals surface area contributed by atoms with Crippen molar-refractivity contribution in [2.24, 2.45) is 0 Å². The summed E-state index contributed by atoms with van der Waals surface area (Å²) in [7, 11) is 0. The highest BCUT2D eigenvalue weighted by Crippen LogP contribution is 2.64. The summed E-state index contributed by atoms with van der Waals surface area (Å²) in [5.41, 5.74) is 19.5. The van der Waals surface area contributed by atoms with Gasteiger partial charge in [-0.25, -0.2) is 4.98 Å². The molecule has 0 N–H and O–H groups in total. The molecule has 0 saturated heterocycles. The summed E-state index contributed by atoms with van der Waals surface area (Å²) in [6, 6.07) is 86.3. The molecule has 0 atom stereocenters. The first-order valence-corrected chi connectivity index (χ1v) is 21.7. The quantitative estimate of drug-likeness (QED) is 0.173. The fourth-order valence-electron chi connectivity index (χ4n) is 10.8. The van der Waals surface area contributed by atoms with Crippen molar-refractivity contribution >= 4 is 39.0 Å². The van der Waals surface area contributed by atoms with Crippen LogP contribution in [0.15, 0.2) is 237 Å². The molecule has 63 heavy (non-hydrogen) atoms. The van der Waals surface area contributed by atoms with Gasteiger partial charge in [-0.05, 0) is 104 Å². The second kappa shape index (κ2) is 13.9. The van der Waals surface area contributed by atoms with Crippen molar-refractivity contribution in [1.29, 1.82) is 0 Å². The highest BCUT2D eigenvalue weighted by molar-refractivity contribution is 6.19. The molecule has 1 spiro atoms. The Hall–Kier alpha value is -8.27. The molecule has 1 aliphatic carbocycles. The first-order valence-electron chi connectivity index (χ1n) is 21.7. The van der Waals surface area contributed by atoms with E-state index in [-0.39, 0.29) is 0 Å². The van der Waals surface area contributed by atoms with E-state index < -0.39 is 5.41 Å². The van der Waals surface area contributed by atoms with E-state index in [1.165, 1.54) is 66.3 Å². The van der Waals surface area contributed by atoms with E-state index in [1.54, 1.807) is 0 Å². The van der Waals surface area contributed by atoms with Gasteiger partial charge in [0.05, 0.1) is 33.5 Å². The van der Waals surface area contributed by atoms with Gasteiger partial charge in [0.15, 0.2) is 0 Å². The van der Waals surface area contributed by atoms with Crippen molar-refractivity contribution in [3.63, 3.8) is 0 Å². The fraction of sp³-hybridized carbons (Fsp3) is 0.0167. The Kier molecular flexibility index (Phi) is 7.82. The number of nitrogens with zero attached hydrogens (tertiary/aromatic N) is 3. The van der Waals surface area contributed by atoms with Gasteiger partial charge in [0.1, 0.15) is 5.82 Å². The molecule has 294 valence electrons. The maximum absolute atomic E-state index is 5.51. The predicted molar refractivity (Wildman–Crippen MR) is 260 cm³/mol. The molecule has 0 saturated carbocycles. The lowest BCUT2D eigenvalue weighted by atomic mass is 9.64. The number of anilines is 3. The van der Waals surface area contributed by atoms with Crippen molar-refractivity contribution in [2.45, 2.75) is 5.41 Å². The maximum Gasteiger partial charge on any atom is 0.138 e. The monoisotopic (exact) mass is 801 g/mol. The van der Waals surface area contributed by atoms with Crippen LogP contribution in [0.4, 0.5) is 17.2 Å². The molecule has 0 unspecified atom stereocenters. The highest BCUT2D eigenvalue weighted by Gasteiger charge is 2.52. The third-order valence-electron chi connectivity index (χ3n) is 13.4. The van der Waals surface area contributed by atoms with Crippen LogP contribution in [0.1, 0.15) is 22.3 Å². The Balaban J connectivity index is 1.09. The molecule has 0 amide bonds. The fourth-order valence-corrected chi connectivity index (χ4v) is 10.8.